The fourth-order valence-corrected chi connectivity index (χ4v) is 1.28. The molecular formula is C9H16. The summed E-state index contributed by atoms with van der Waals surface area (Å²) in [5.74, 6) is 2.11. The summed E-state index contributed by atoms with van der Waals surface area (Å²) in [6, 6.07) is 0. The van der Waals surface area contributed by atoms with Gasteiger partial charge >= 0.3 is 0 Å². The molecule has 0 N–H and O–H groups in total. The van der Waals surface area contributed by atoms with Crippen LogP contribution in [0.4, 0.5) is 0 Å². The van der Waals surface area contributed by atoms with E-state index in [0.29, 0.717) is 0 Å². The molecule has 0 aromatic carbocycles. The molecule has 0 radical (unpaired) electrons. The average molecular weight is 124 g/mol. The Kier molecular flexibility index (Phi) is 2.32. The normalized spacial score (nSPS) is 33.6. The molecule has 0 nitrogen and oxygen atoms in total. The highest BCUT2D eigenvalue weighted by molar-refractivity contribution is 4.86. The van der Waals surface area contributed by atoms with Crippen molar-refractivity contribution in [3.8, 4) is 0 Å². The second-order valence-electron chi connectivity index (χ2n) is 3.12. The zero-order valence-corrected chi connectivity index (χ0v) is 6.43. The minimum Gasteiger partial charge on any atom is -0.0917 e. The van der Waals surface area contributed by atoms with E-state index in [-0.39, 0.29) is 0 Å². The summed E-state index contributed by atoms with van der Waals surface area (Å²) in [6.45, 7) is 4.44. The van der Waals surface area contributed by atoms with Crippen molar-refractivity contribution in [2.45, 2.75) is 33.1 Å². The minimum absolute atomic E-state index is 1.04. The highest BCUT2D eigenvalue weighted by Crippen LogP contribution is 2.41. The fourth-order valence-electron chi connectivity index (χ4n) is 1.28. The van der Waals surface area contributed by atoms with Crippen molar-refractivity contribution >= 4 is 0 Å². The maximum atomic E-state index is 2.35. The Bertz CT molecular complexity index is 103. The van der Waals surface area contributed by atoms with Gasteiger partial charge in [-0.25, -0.2) is 0 Å². The molecular weight excluding hydrogens is 108 g/mol. The smallest absolute Gasteiger partial charge is 0.0348 e. The van der Waals surface area contributed by atoms with E-state index in [2.05, 4.69) is 26.0 Å². The van der Waals surface area contributed by atoms with Crippen molar-refractivity contribution in [1.82, 2.24) is 0 Å². The van der Waals surface area contributed by atoms with Gasteiger partial charge in [-0.3, -0.25) is 0 Å². The van der Waals surface area contributed by atoms with Gasteiger partial charge in [-0.05, 0) is 38.0 Å². The van der Waals surface area contributed by atoms with Crippen molar-refractivity contribution < 1.29 is 0 Å². The Hall–Kier alpha value is -0.260. The maximum Gasteiger partial charge on any atom is -0.0348 e. The minimum atomic E-state index is 1.04. The van der Waals surface area contributed by atoms with E-state index in [1.165, 1.54) is 19.3 Å². The Morgan fingerprint density at radius 1 is 1.56 bits per heavy atom. The number of rotatable bonds is 3. The monoisotopic (exact) mass is 124 g/mol. The molecule has 0 aliphatic heterocycles. The van der Waals surface area contributed by atoms with Crippen LogP contribution in [0.5, 0.6) is 0 Å². The summed E-state index contributed by atoms with van der Waals surface area (Å²) in [5, 5.41) is 0. The Morgan fingerprint density at radius 2 is 2.22 bits per heavy atom. The first-order chi connectivity index (χ1) is 4.34. The molecule has 0 aromatic rings. The third-order valence-electron chi connectivity index (χ3n) is 2.22. The van der Waals surface area contributed by atoms with Crippen LogP contribution in [0.15, 0.2) is 12.2 Å². The summed E-state index contributed by atoms with van der Waals surface area (Å²) in [7, 11) is 0. The lowest BCUT2D eigenvalue weighted by Gasteiger charge is -1.89. The van der Waals surface area contributed by atoms with Gasteiger partial charge in [0.15, 0.2) is 0 Å². The Morgan fingerprint density at radius 3 is 2.67 bits per heavy atom. The summed E-state index contributed by atoms with van der Waals surface area (Å²) < 4.78 is 0. The molecule has 0 spiro atoms. The standard InChI is InChI=1S/C9H16/c1-3-4-5-6-9-7-8(9)2/h3-4,8-9H,5-7H2,1-2H3. The molecule has 0 bridgehead atoms. The van der Waals surface area contributed by atoms with E-state index < -0.39 is 0 Å². The van der Waals surface area contributed by atoms with Gasteiger partial charge in [0.1, 0.15) is 0 Å². The zero-order chi connectivity index (χ0) is 6.69. The van der Waals surface area contributed by atoms with E-state index in [4.69, 9.17) is 0 Å². The lowest BCUT2D eigenvalue weighted by Crippen LogP contribution is -1.75. The summed E-state index contributed by atoms with van der Waals surface area (Å²) in [6.07, 6.45) is 8.62. The number of hydrogen-bond acceptors (Lipinski definition) is 0. The maximum absolute atomic E-state index is 2.35. The van der Waals surface area contributed by atoms with Gasteiger partial charge in [-0.2, -0.15) is 0 Å². The lowest BCUT2D eigenvalue weighted by molar-refractivity contribution is 0.684. The molecule has 1 saturated carbocycles. The average Bonchev–Trinajstić information content (AvgIpc) is 2.48. The van der Waals surface area contributed by atoms with Gasteiger partial charge < -0.3 is 0 Å². The lowest BCUT2D eigenvalue weighted by atomic mass is 10.2. The second-order valence-corrected chi connectivity index (χ2v) is 3.12. The predicted octanol–water partition coefficient (Wildman–Crippen LogP) is 3.00. The first kappa shape index (κ1) is 6.85. The molecule has 1 aliphatic carbocycles. The van der Waals surface area contributed by atoms with Gasteiger partial charge in [0.25, 0.3) is 0 Å². The van der Waals surface area contributed by atoms with E-state index >= 15 is 0 Å². The van der Waals surface area contributed by atoms with Gasteiger partial charge in [-0.15, -0.1) is 0 Å². The highest BCUT2D eigenvalue weighted by atomic mass is 14.4. The van der Waals surface area contributed by atoms with Gasteiger partial charge in [-0.1, -0.05) is 19.1 Å². The van der Waals surface area contributed by atoms with Gasteiger partial charge in [0.2, 0.25) is 0 Å². The molecule has 0 heteroatoms. The van der Waals surface area contributed by atoms with Crippen molar-refractivity contribution in [2.24, 2.45) is 11.8 Å². The quantitative estimate of drug-likeness (QED) is 0.507. The van der Waals surface area contributed by atoms with E-state index in [0.717, 1.165) is 11.8 Å². The van der Waals surface area contributed by atoms with Crippen molar-refractivity contribution in [3.63, 3.8) is 0 Å². The first-order valence-corrected chi connectivity index (χ1v) is 3.95. The predicted molar refractivity (Wildman–Crippen MR) is 41.3 cm³/mol. The molecule has 0 saturated heterocycles. The molecule has 0 heterocycles. The van der Waals surface area contributed by atoms with Crippen LogP contribution in [-0.4, -0.2) is 0 Å². The van der Waals surface area contributed by atoms with Gasteiger partial charge in [0.05, 0.1) is 0 Å². The Balaban J connectivity index is 1.94. The van der Waals surface area contributed by atoms with Crippen LogP contribution in [0.2, 0.25) is 0 Å². The second kappa shape index (κ2) is 3.05. The number of hydrogen-bond donors (Lipinski definition) is 0. The fraction of sp³-hybridized carbons (Fsp3) is 0.778. The highest BCUT2D eigenvalue weighted by Gasteiger charge is 2.30. The van der Waals surface area contributed by atoms with Crippen LogP contribution in [0.25, 0.3) is 0 Å². The van der Waals surface area contributed by atoms with Crippen LogP contribution >= 0.6 is 0 Å². The van der Waals surface area contributed by atoms with Crippen molar-refractivity contribution in [3.05, 3.63) is 12.2 Å². The van der Waals surface area contributed by atoms with Crippen LogP contribution in [0.3, 0.4) is 0 Å². The van der Waals surface area contributed by atoms with E-state index in [1.54, 1.807) is 0 Å². The van der Waals surface area contributed by atoms with E-state index in [9.17, 15) is 0 Å². The van der Waals surface area contributed by atoms with Crippen molar-refractivity contribution in [2.75, 3.05) is 0 Å². The molecule has 0 aromatic heterocycles. The summed E-state index contributed by atoms with van der Waals surface area (Å²) in [5.41, 5.74) is 0. The van der Waals surface area contributed by atoms with Gasteiger partial charge in [0, 0.05) is 0 Å². The third kappa shape index (κ3) is 2.21. The van der Waals surface area contributed by atoms with Crippen molar-refractivity contribution in [1.29, 1.82) is 0 Å². The molecule has 0 amide bonds. The molecule has 52 valence electrons. The summed E-state index contributed by atoms with van der Waals surface area (Å²) in [4.78, 5) is 0. The topological polar surface area (TPSA) is 0 Å². The van der Waals surface area contributed by atoms with Crippen LogP contribution in [0.1, 0.15) is 33.1 Å². The molecule has 1 rings (SSSR count). The first-order valence-electron chi connectivity index (χ1n) is 3.95. The third-order valence-corrected chi connectivity index (χ3v) is 2.22. The molecule has 2 unspecified atom stereocenters. The molecule has 1 aliphatic rings. The van der Waals surface area contributed by atoms with Crippen LogP contribution in [0, 0.1) is 11.8 Å². The van der Waals surface area contributed by atoms with E-state index in [1.807, 2.05) is 0 Å². The molecule has 2 atom stereocenters. The number of allylic oxidation sites excluding steroid dienone is 2. The SMILES string of the molecule is CC=CCCC1CC1C. The summed E-state index contributed by atoms with van der Waals surface area (Å²) >= 11 is 0. The largest absolute Gasteiger partial charge is 0.0917 e. The Labute approximate surface area is 58.0 Å². The zero-order valence-electron chi connectivity index (χ0n) is 6.43. The van der Waals surface area contributed by atoms with Crippen LogP contribution < -0.4 is 0 Å². The van der Waals surface area contributed by atoms with Crippen LogP contribution in [-0.2, 0) is 0 Å². The molecule has 1 fully saturated rings. The molecule has 9 heavy (non-hydrogen) atoms.